The number of halogens is 1. The number of hydrogen-bond acceptors (Lipinski definition) is 3. The van der Waals surface area contributed by atoms with Gasteiger partial charge in [-0.3, -0.25) is 5.41 Å². The van der Waals surface area contributed by atoms with Crippen molar-refractivity contribution in [1.82, 2.24) is 0 Å². The van der Waals surface area contributed by atoms with Crippen molar-refractivity contribution < 1.29 is 9.47 Å². The minimum atomic E-state index is 0.310. The quantitative estimate of drug-likeness (QED) is 0.650. The van der Waals surface area contributed by atoms with Crippen LogP contribution in [0, 0.1) is 19.3 Å². The lowest BCUT2D eigenvalue weighted by Crippen LogP contribution is -2.02. The molecule has 3 nitrogen and oxygen atoms in total. The second kappa shape index (κ2) is 6.64. The van der Waals surface area contributed by atoms with Crippen LogP contribution >= 0.6 is 11.6 Å². The molecule has 0 heterocycles. The summed E-state index contributed by atoms with van der Waals surface area (Å²) < 4.78 is 10.2. The zero-order chi connectivity index (χ0) is 13.7. The lowest BCUT2D eigenvalue weighted by atomic mass is 9.99. The van der Waals surface area contributed by atoms with E-state index in [0.717, 1.165) is 40.3 Å². The topological polar surface area (TPSA) is 42.3 Å². The van der Waals surface area contributed by atoms with Crippen LogP contribution in [0.25, 0.3) is 0 Å². The van der Waals surface area contributed by atoms with Crippen molar-refractivity contribution in [1.29, 1.82) is 5.41 Å². The van der Waals surface area contributed by atoms with Gasteiger partial charge in [0, 0.05) is 11.4 Å². The van der Waals surface area contributed by atoms with Gasteiger partial charge >= 0.3 is 0 Å². The smallest absolute Gasteiger partial charge is 0.180 e. The maximum absolute atomic E-state index is 7.45. The normalized spacial score (nSPS) is 10.3. The Morgan fingerprint density at radius 1 is 1.33 bits per heavy atom. The summed E-state index contributed by atoms with van der Waals surface area (Å²) in [4.78, 5) is 0. The first-order valence-electron chi connectivity index (χ1n) is 5.95. The van der Waals surface area contributed by atoms with Gasteiger partial charge in [0.2, 0.25) is 0 Å². The van der Waals surface area contributed by atoms with Crippen molar-refractivity contribution in [3.8, 4) is 5.75 Å². The van der Waals surface area contributed by atoms with Crippen LogP contribution in [0.2, 0.25) is 5.02 Å². The van der Waals surface area contributed by atoms with Gasteiger partial charge in [0.15, 0.2) is 5.90 Å². The Hall–Kier alpha value is -1.22. The minimum Gasteiger partial charge on any atom is -0.496 e. The third kappa shape index (κ3) is 3.39. The molecule has 100 valence electrons. The van der Waals surface area contributed by atoms with Crippen LogP contribution in [-0.4, -0.2) is 20.1 Å². The summed E-state index contributed by atoms with van der Waals surface area (Å²) in [5.41, 5.74) is 3.22. The van der Waals surface area contributed by atoms with Gasteiger partial charge < -0.3 is 9.47 Å². The third-order valence-electron chi connectivity index (χ3n) is 3.07. The minimum absolute atomic E-state index is 0.310. The number of rotatable bonds is 5. The number of methoxy groups -OCH3 is 2. The van der Waals surface area contributed by atoms with Crippen molar-refractivity contribution in [2.45, 2.75) is 33.1 Å². The molecular weight excluding hydrogens is 250 g/mol. The van der Waals surface area contributed by atoms with Crippen molar-refractivity contribution in [2.24, 2.45) is 0 Å². The summed E-state index contributed by atoms with van der Waals surface area (Å²) in [5, 5.41) is 8.25. The molecule has 0 radical (unpaired) electrons. The molecule has 0 aliphatic rings. The average Bonchev–Trinajstić information content (AvgIpc) is 2.37. The summed E-state index contributed by atoms with van der Waals surface area (Å²) in [7, 11) is 3.19. The Morgan fingerprint density at radius 3 is 2.56 bits per heavy atom. The van der Waals surface area contributed by atoms with Crippen molar-refractivity contribution >= 4 is 17.5 Å². The highest BCUT2D eigenvalue weighted by Gasteiger charge is 2.12. The molecule has 0 aliphatic carbocycles. The molecule has 0 saturated heterocycles. The number of ether oxygens (including phenoxy) is 2. The molecular formula is C14H20ClNO2. The van der Waals surface area contributed by atoms with Crippen LogP contribution in [0.5, 0.6) is 5.75 Å². The molecule has 1 aromatic carbocycles. The molecule has 4 heteroatoms. The van der Waals surface area contributed by atoms with Crippen molar-refractivity contribution in [3.05, 3.63) is 27.8 Å². The molecule has 0 spiro atoms. The highest BCUT2D eigenvalue weighted by molar-refractivity contribution is 6.32. The van der Waals surface area contributed by atoms with Gasteiger partial charge in [-0.05, 0) is 49.4 Å². The predicted octanol–water partition coefficient (Wildman–Crippen LogP) is 3.91. The summed E-state index contributed by atoms with van der Waals surface area (Å²) in [6.07, 6.45) is 2.31. The largest absolute Gasteiger partial charge is 0.496 e. The van der Waals surface area contributed by atoms with Gasteiger partial charge in [0.05, 0.1) is 14.2 Å². The maximum Gasteiger partial charge on any atom is 0.180 e. The summed E-state index contributed by atoms with van der Waals surface area (Å²) in [6, 6.07) is 1.96. The summed E-state index contributed by atoms with van der Waals surface area (Å²) in [6.45, 7) is 3.98. The van der Waals surface area contributed by atoms with Crippen LogP contribution in [-0.2, 0) is 11.2 Å². The van der Waals surface area contributed by atoms with E-state index < -0.39 is 0 Å². The van der Waals surface area contributed by atoms with Crippen molar-refractivity contribution in [3.63, 3.8) is 0 Å². The van der Waals surface area contributed by atoms with E-state index in [1.165, 1.54) is 7.11 Å². The highest BCUT2D eigenvalue weighted by Crippen LogP contribution is 2.32. The first-order valence-corrected chi connectivity index (χ1v) is 6.33. The second-order valence-electron chi connectivity index (χ2n) is 4.29. The number of benzene rings is 1. The van der Waals surface area contributed by atoms with E-state index >= 15 is 0 Å². The summed E-state index contributed by atoms with van der Waals surface area (Å²) in [5.74, 6) is 1.18. The molecule has 1 aromatic rings. The van der Waals surface area contributed by atoms with Gasteiger partial charge in [-0.15, -0.1) is 0 Å². The maximum atomic E-state index is 7.45. The Morgan fingerprint density at radius 2 is 2.00 bits per heavy atom. The van der Waals surface area contributed by atoms with Crippen LogP contribution in [0.3, 0.4) is 0 Å². The van der Waals surface area contributed by atoms with Crippen LogP contribution in [0.15, 0.2) is 6.07 Å². The van der Waals surface area contributed by atoms with E-state index in [9.17, 15) is 0 Å². The zero-order valence-electron chi connectivity index (χ0n) is 11.4. The standard InChI is InChI=1S/C14H20ClNO2/c1-9-8-12(17-3)11(10(2)14(9)15)6-5-7-13(16)18-4/h8,16H,5-7H2,1-4H3. The fraction of sp³-hybridized carbons (Fsp3) is 0.500. The third-order valence-corrected chi connectivity index (χ3v) is 3.65. The lowest BCUT2D eigenvalue weighted by molar-refractivity contribution is 0.383. The molecule has 0 amide bonds. The average molecular weight is 270 g/mol. The van der Waals surface area contributed by atoms with Gasteiger partial charge in [-0.25, -0.2) is 0 Å². The Bertz CT molecular complexity index is 444. The first kappa shape index (κ1) is 14.8. The van der Waals surface area contributed by atoms with Crippen LogP contribution < -0.4 is 4.74 Å². The molecule has 0 atom stereocenters. The Labute approximate surface area is 114 Å². The Kier molecular flexibility index (Phi) is 5.48. The van der Waals surface area contributed by atoms with E-state index in [4.69, 9.17) is 26.5 Å². The molecule has 0 bridgehead atoms. The Balaban J connectivity index is 2.87. The van der Waals surface area contributed by atoms with E-state index in [1.807, 2.05) is 19.9 Å². The van der Waals surface area contributed by atoms with Crippen LogP contribution in [0.1, 0.15) is 29.5 Å². The van der Waals surface area contributed by atoms with Gasteiger partial charge in [-0.1, -0.05) is 11.6 Å². The number of nitrogens with one attached hydrogen (secondary N) is 1. The predicted molar refractivity (Wildman–Crippen MR) is 75.2 cm³/mol. The molecule has 0 unspecified atom stereocenters. The lowest BCUT2D eigenvalue weighted by Gasteiger charge is -2.15. The fourth-order valence-electron chi connectivity index (χ4n) is 1.98. The molecule has 0 saturated carbocycles. The molecule has 0 aromatic heterocycles. The van der Waals surface area contributed by atoms with Gasteiger partial charge in [-0.2, -0.15) is 0 Å². The second-order valence-corrected chi connectivity index (χ2v) is 4.67. The summed E-state index contributed by atoms with van der Waals surface area (Å²) >= 11 is 6.26. The van der Waals surface area contributed by atoms with Gasteiger partial charge in [0.25, 0.3) is 0 Å². The SMILES string of the molecule is COC(=N)CCCc1c(OC)cc(C)c(Cl)c1C. The molecule has 18 heavy (non-hydrogen) atoms. The van der Waals surface area contributed by atoms with Crippen molar-refractivity contribution in [2.75, 3.05) is 14.2 Å². The molecule has 1 N–H and O–H groups in total. The number of aryl methyl sites for hydroxylation is 1. The van der Waals surface area contributed by atoms with Gasteiger partial charge in [0.1, 0.15) is 5.75 Å². The van der Waals surface area contributed by atoms with Crippen LogP contribution in [0.4, 0.5) is 0 Å². The van der Waals surface area contributed by atoms with E-state index in [0.29, 0.717) is 12.3 Å². The zero-order valence-corrected chi connectivity index (χ0v) is 12.1. The highest BCUT2D eigenvalue weighted by atomic mass is 35.5. The monoisotopic (exact) mass is 269 g/mol. The van der Waals surface area contributed by atoms with E-state index in [1.54, 1.807) is 7.11 Å². The molecule has 0 aliphatic heterocycles. The fourth-order valence-corrected chi connectivity index (χ4v) is 2.15. The molecule has 0 fully saturated rings. The first-order chi connectivity index (χ1) is 8.51. The van der Waals surface area contributed by atoms with E-state index in [-0.39, 0.29) is 0 Å². The molecule has 1 rings (SSSR count). The van der Waals surface area contributed by atoms with E-state index in [2.05, 4.69) is 0 Å². The number of hydrogen-bond donors (Lipinski definition) is 1.